The van der Waals surface area contributed by atoms with Crippen LogP contribution in [0.4, 0.5) is 5.69 Å². The van der Waals surface area contributed by atoms with Crippen molar-refractivity contribution in [1.29, 1.82) is 0 Å². The van der Waals surface area contributed by atoms with E-state index < -0.39 is 0 Å². The van der Waals surface area contributed by atoms with Crippen LogP contribution in [0, 0.1) is 5.92 Å². The summed E-state index contributed by atoms with van der Waals surface area (Å²) in [5.74, 6) is 2.34. The van der Waals surface area contributed by atoms with E-state index in [0.29, 0.717) is 35.2 Å². The Hall–Kier alpha value is -1.24. The number of rotatable bonds is 6. The maximum atomic E-state index is 12.4. The van der Waals surface area contributed by atoms with Gasteiger partial charge in [0.2, 0.25) is 5.91 Å². The van der Waals surface area contributed by atoms with Crippen LogP contribution in [0.15, 0.2) is 18.2 Å². The van der Waals surface area contributed by atoms with Gasteiger partial charge >= 0.3 is 0 Å². The van der Waals surface area contributed by atoms with Gasteiger partial charge in [0.05, 0.1) is 11.3 Å². The molecule has 0 radical (unpaired) electrons. The number of carbonyl (C=O) groups is 2. The lowest BCUT2D eigenvalue weighted by Gasteiger charge is -2.22. The summed E-state index contributed by atoms with van der Waals surface area (Å²) in [5.41, 5.74) is 0.934. The minimum absolute atomic E-state index is 0.0893. The smallest absolute Gasteiger partial charge is 0.253 e. The van der Waals surface area contributed by atoms with Crippen LogP contribution in [0.1, 0.15) is 29.6 Å². The molecule has 1 unspecified atom stereocenters. The van der Waals surface area contributed by atoms with Gasteiger partial charge in [-0.1, -0.05) is 11.6 Å². The zero-order valence-corrected chi connectivity index (χ0v) is 15.0. The second-order valence-corrected chi connectivity index (χ2v) is 7.91. The molecule has 130 valence electrons. The van der Waals surface area contributed by atoms with Crippen LogP contribution in [0.5, 0.6) is 0 Å². The number of nitrogens with one attached hydrogen (secondary N) is 3. The van der Waals surface area contributed by atoms with E-state index in [9.17, 15) is 9.59 Å². The maximum Gasteiger partial charge on any atom is 0.253 e. The van der Waals surface area contributed by atoms with Gasteiger partial charge < -0.3 is 16.0 Å². The van der Waals surface area contributed by atoms with Crippen molar-refractivity contribution >= 4 is 40.9 Å². The van der Waals surface area contributed by atoms with Gasteiger partial charge in [-0.05, 0) is 37.0 Å². The van der Waals surface area contributed by atoms with Crippen LogP contribution in [0.2, 0.25) is 5.02 Å². The third kappa shape index (κ3) is 5.13. The van der Waals surface area contributed by atoms with Gasteiger partial charge in [-0.25, -0.2) is 0 Å². The van der Waals surface area contributed by atoms with E-state index in [2.05, 4.69) is 16.0 Å². The molecule has 2 fully saturated rings. The van der Waals surface area contributed by atoms with E-state index in [-0.39, 0.29) is 17.9 Å². The molecule has 7 heteroatoms. The highest BCUT2D eigenvalue weighted by molar-refractivity contribution is 7.99. The minimum atomic E-state index is -0.189. The lowest BCUT2D eigenvalue weighted by atomic mass is 10.1. The summed E-state index contributed by atoms with van der Waals surface area (Å²) in [5, 5.41) is 9.60. The highest BCUT2D eigenvalue weighted by Gasteiger charge is 2.23. The van der Waals surface area contributed by atoms with Crippen molar-refractivity contribution in [2.45, 2.75) is 25.3 Å². The molecule has 1 atom stereocenters. The fraction of sp³-hybridized carbons (Fsp3) is 0.529. The molecule has 1 saturated carbocycles. The Morgan fingerprint density at radius 3 is 2.88 bits per heavy atom. The first-order valence-electron chi connectivity index (χ1n) is 8.30. The number of amides is 2. The number of thioether (sulfide) groups is 1. The highest BCUT2D eigenvalue weighted by Crippen LogP contribution is 2.28. The SMILES string of the molecule is O=C(CC1CSCCN1)Nc1ccc(Cl)cc1C(=O)NCC1CC1. The Kier molecular flexibility index (Phi) is 6.03. The summed E-state index contributed by atoms with van der Waals surface area (Å²) in [6, 6.07) is 5.16. The van der Waals surface area contributed by atoms with Gasteiger partial charge in [-0.2, -0.15) is 11.8 Å². The molecule has 5 nitrogen and oxygen atoms in total. The molecule has 0 aromatic heterocycles. The van der Waals surface area contributed by atoms with Gasteiger partial charge in [0.25, 0.3) is 5.91 Å². The van der Waals surface area contributed by atoms with E-state index in [1.54, 1.807) is 18.2 Å². The molecular formula is C17H22ClN3O2S. The summed E-state index contributed by atoms with van der Waals surface area (Å²) >= 11 is 7.88. The molecule has 2 amide bonds. The summed E-state index contributed by atoms with van der Waals surface area (Å²) in [4.78, 5) is 24.7. The molecule has 24 heavy (non-hydrogen) atoms. The summed E-state index contributed by atoms with van der Waals surface area (Å²) < 4.78 is 0. The van der Waals surface area contributed by atoms with E-state index in [1.165, 1.54) is 12.8 Å². The summed E-state index contributed by atoms with van der Waals surface area (Å²) in [6.45, 7) is 1.61. The largest absolute Gasteiger partial charge is 0.352 e. The van der Waals surface area contributed by atoms with E-state index in [4.69, 9.17) is 11.6 Å². The Bertz CT molecular complexity index is 616. The molecule has 1 saturated heterocycles. The molecule has 0 bridgehead atoms. The second kappa shape index (κ2) is 8.23. The highest BCUT2D eigenvalue weighted by atomic mass is 35.5. The number of hydrogen-bond donors (Lipinski definition) is 3. The van der Waals surface area contributed by atoms with Crippen molar-refractivity contribution in [2.75, 3.05) is 29.9 Å². The van der Waals surface area contributed by atoms with Gasteiger partial charge in [0.1, 0.15) is 0 Å². The van der Waals surface area contributed by atoms with Crippen molar-refractivity contribution in [3.05, 3.63) is 28.8 Å². The zero-order valence-electron chi connectivity index (χ0n) is 13.4. The average Bonchev–Trinajstić information content (AvgIpc) is 3.39. The standard InChI is InChI=1S/C17H22ClN3O2S/c18-12-3-4-15(14(7-12)17(23)20-9-11-1-2-11)21-16(22)8-13-10-24-6-5-19-13/h3-4,7,11,13,19H,1-2,5-6,8-10H2,(H,20,23)(H,21,22). The number of hydrogen-bond acceptors (Lipinski definition) is 4. The van der Waals surface area contributed by atoms with Crippen LogP contribution >= 0.6 is 23.4 Å². The second-order valence-electron chi connectivity index (χ2n) is 6.32. The molecule has 2 aliphatic rings. The quantitative estimate of drug-likeness (QED) is 0.722. The Balaban J connectivity index is 1.62. The summed E-state index contributed by atoms with van der Waals surface area (Å²) in [7, 11) is 0. The Morgan fingerprint density at radius 1 is 1.33 bits per heavy atom. The van der Waals surface area contributed by atoms with E-state index >= 15 is 0 Å². The Labute approximate surface area is 151 Å². The maximum absolute atomic E-state index is 12.4. The lowest BCUT2D eigenvalue weighted by Crippen LogP contribution is -2.40. The molecule has 3 N–H and O–H groups in total. The number of halogens is 1. The van der Waals surface area contributed by atoms with Crippen molar-refractivity contribution in [3.8, 4) is 0 Å². The third-order valence-corrected chi connectivity index (χ3v) is 5.54. The normalized spacial score (nSPS) is 20.5. The molecule has 3 rings (SSSR count). The minimum Gasteiger partial charge on any atom is -0.352 e. The molecule has 1 aromatic rings. The first-order valence-corrected chi connectivity index (χ1v) is 9.84. The predicted molar refractivity (Wildman–Crippen MR) is 98.9 cm³/mol. The first-order chi connectivity index (χ1) is 11.6. The van der Waals surface area contributed by atoms with Crippen LogP contribution in [-0.2, 0) is 4.79 Å². The number of anilines is 1. The van der Waals surface area contributed by atoms with Crippen molar-refractivity contribution in [3.63, 3.8) is 0 Å². The molecule has 1 aromatic carbocycles. The van der Waals surface area contributed by atoms with Crippen molar-refractivity contribution in [1.82, 2.24) is 10.6 Å². The predicted octanol–water partition coefficient (Wildman–Crippen LogP) is 2.51. The van der Waals surface area contributed by atoms with Crippen LogP contribution in [0.25, 0.3) is 0 Å². The van der Waals surface area contributed by atoms with Crippen LogP contribution in [0.3, 0.4) is 0 Å². The molecular weight excluding hydrogens is 346 g/mol. The van der Waals surface area contributed by atoms with E-state index in [1.807, 2.05) is 11.8 Å². The number of carbonyl (C=O) groups excluding carboxylic acids is 2. The fourth-order valence-corrected chi connectivity index (χ4v) is 3.76. The van der Waals surface area contributed by atoms with Gasteiger partial charge in [-0.3, -0.25) is 9.59 Å². The number of benzene rings is 1. The van der Waals surface area contributed by atoms with Crippen molar-refractivity contribution < 1.29 is 9.59 Å². The van der Waals surface area contributed by atoms with Gasteiger partial charge in [0, 0.05) is 42.1 Å². The fourth-order valence-electron chi connectivity index (χ4n) is 2.64. The van der Waals surface area contributed by atoms with Gasteiger partial charge in [-0.15, -0.1) is 0 Å². The monoisotopic (exact) mass is 367 g/mol. The van der Waals surface area contributed by atoms with Crippen molar-refractivity contribution in [2.24, 2.45) is 5.92 Å². The summed E-state index contributed by atoms with van der Waals surface area (Å²) in [6.07, 6.45) is 2.75. The molecule has 0 spiro atoms. The van der Waals surface area contributed by atoms with Crippen LogP contribution in [-0.4, -0.2) is 42.5 Å². The van der Waals surface area contributed by atoms with Gasteiger partial charge in [0.15, 0.2) is 0 Å². The zero-order chi connectivity index (χ0) is 16.9. The van der Waals surface area contributed by atoms with Crippen LogP contribution < -0.4 is 16.0 Å². The lowest BCUT2D eigenvalue weighted by molar-refractivity contribution is -0.116. The first kappa shape index (κ1) is 17.6. The molecule has 1 aliphatic heterocycles. The Morgan fingerprint density at radius 2 is 2.17 bits per heavy atom. The topological polar surface area (TPSA) is 70.2 Å². The third-order valence-electron chi connectivity index (χ3n) is 4.18. The molecule has 1 aliphatic carbocycles. The molecule has 1 heterocycles. The average molecular weight is 368 g/mol. The van der Waals surface area contributed by atoms with E-state index in [0.717, 1.165) is 18.1 Å².